The zero-order valence-electron chi connectivity index (χ0n) is 19.3. The second kappa shape index (κ2) is 11.2. The first-order chi connectivity index (χ1) is 16.6. The molecule has 3 aromatic rings. The fourth-order valence-electron chi connectivity index (χ4n) is 3.67. The van der Waals surface area contributed by atoms with E-state index >= 15 is 0 Å². The van der Waals surface area contributed by atoms with Crippen LogP contribution in [0.3, 0.4) is 0 Å². The summed E-state index contributed by atoms with van der Waals surface area (Å²) in [5.41, 5.74) is 0.778. The summed E-state index contributed by atoms with van der Waals surface area (Å²) in [6, 6.07) is 13.5. The van der Waals surface area contributed by atoms with Crippen LogP contribution < -0.4 is 9.62 Å². The minimum atomic E-state index is -4.35. The van der Waals surface area contributed by atoms with Gasteiger partial charge >= 0.3 is 5.97 Å². The van der Waals surface area contributed by atoms with E-state index in [-0.39, 0.29) is 11.4 Å². The van der Waals surface area contributed by atoms with Gasteiger partial charge in [-0.15, -0.1) is 0 Å². The van der Waals surface area contributed by atoms with E-state index in [0.29, 0.717) is 16.1 Å². The van der Waals surface area contributed by atoms with E-state index < -0.39 is 45.4 Å². The fourth-order valence-corrected chi connectivity index (χ4v) is 5.44. The number of methoxy groups -OCH3 is 1. The number of hydrogen-bond donors (Lipinski definition) is 1. The van der Waals surface area contributed by atoms with Gasteiger partial charge in [-0.25, -0.2) is 17.2 Å². The van der Waals surface area contributed by atoms with Crippen molar-refractivity contribution in [2.75, 3.05) is 11.4 Å². The van der Waals surface area contributed by atoms with Gasteiger partial charge in [-0.3, -0.25) is 9.10 Å². The summed E-state index contributed by atoms with van der Waals surface area (Å²) in [4.78, 5) is 11.6. The molecule has 35 heavy (non-hydrogen) atoms. The van der Waals surface area contributed by atoms with Crippen molar-refractivity contribution in [1.82, 2.24) is 5.32 Å². The summed E-state index contributed by atoms with van der Waals surface area (Å²) in [7, 11) is -3.07. The van der Waals surface area contributed by atoms with Crippen molar-refractivity contribution in [3.63, 3.8) is 0 Å². The van der Waals surface area contributed by atoms with Gasteiger partial charge in [0.2, 0.25) is 0 Å². The summed E-state index contributed by atoms with van der Waals surface area (Å²) in [5.74, 6) is -2.14. The van der Waals surface area contributed by atoms with Crippen molar-refractivity contribution in [2.24, 2.45) is 0 Å². The molecule has 3 rings (SSSR count). The van der Waals surface area contributed by atoms with Crippen LogP contribution in [0.1, 0.15) is 31.0 Å². The van der Waals surface area contributed by atoms with Crippen molar-refractivity contribution >= 4 is 33.3 Å². The highest BCUT2D eigenvalue weighted by Crippen LogP contribution is 2.36. The Morgan fingerprint density at radius 1 is 1.06 bits per heavy atom. The molecule has 0 aromatic heterocycles. The lowest BCUT2D eigenvalue weighted by Crippen LogP contribution is -2.36. The number of rotatable bonds is 9. The Hall–Kier alpha value is -3.01. The van der Waals surface area contributed by atoms with Crippen LogP contribution in [0.15, 0.2) is 71.6 Å². The van der Waals surface area contributed by atoms with Crippen molar-refractivity contribution in [2.45, 2.75) is 37.4 Å². The van der Waals surface area contributed by atoms with Crippen LogP contribution in [0.2, 0.25) is 5.02 Å². The summed E-state index contributed by atoms with van der Waals surface area (Å²) < 4.78 is 62.2. The van der Waals surface area contributed by atoms with E-state index in [0.717, 1.165) is 22.5 Å². The molecule has 186 valence electrons. The molecule has 0 radical (unpaired) electrons. The Balaban J connectivity index is 2.11. The average molecular weight is 523 g/mol. The van der Waals surface area contributed by atoms with Crippen LogP contribution in [0, 0.1) is 11.6 Å². The first kappa shape index (κ1) is 26.6. The molecule has 0 aliphatic carbocycles. The molecule has 0 unspecified atom stereocenters. The molecule has 2 atom stereocenters. The molecule has 0 fully saturated rings. The third-order valence-corrected chi connectivity index (χ3v) is 7.68. The van der Waals surface area contributed by atoms with E-state index in [9.17, 15) is 22.0 Å². The number of anilines is 1. The molecule has 1 N–H and O–H groups in total. The lowest BCUT2D eigenvalue weighted by molar-refractivity contribution is -0.142. The molecular formula is C25H25ClF2N2O4S. The van der Waals surface area contributed by atoms with Gasteiger partial charge in [0.15, 0.2) is 0 Å². The average Bonchev–Trinajstić information content (AvgIpc) is 2.84. The number of sulfonamides is 1. The SMILES string of the molecule is COC(=O)[C@H](C)NCc1ccccc1[C@@H](C)N(c1cc(F)ccc1F)S(=O)(=O)c1ccc(Cl)cc1. The zero-order chi connectivity index (χ0) is 25.8. The largest absolute Gasteiger partial charge is 0.468 e. The summed E-state index contributed by atoms with van der Waals surface area (Å²) in [5, 5.41) is 3.36. The lowest BCUT2D eigenvalue weighted by Gasteiger charge is -2.32. The smallest absolute Gasteiger partial charge is 0.322 e. The van der Waals surface area contributed by atoms with Gasteiger partial charge in [-0.05, 0) is 61.4 Å². The number of carbonyl (C=O) groups excluding carboxylic acids is 1. The van der Waals surface area contributed by atoms with Gasteiger partial charge in [0.05, 0.1) is 23.7 Å². The zero-order valence-corrected chi connectivity index (χ0v) is 20.9. The molecule has 0 spiro atoms. The third-order valence-electron chi connectivity index (χ3n) is 5.53. The van der Waals surface area contributed by atoms with Gasteiger partial charge in [-0.2, -0.15) is 0 Å². The molecule has 0 heterocycles. The molecule has 6 nitrogen and oxygen atoms in total. The second-order valence-electron chi connectivity index (χ2n) is 7.85. The highest BCUT2D eigenvalue weighted by molar-refractivity contribution is 7.92. The topological polar surface area (TPSA) is 75.7 Å². The van der Waals surface area contributed by atoms with Crippen molar-refractivity contribution < 1.29 is 26.7 Å². The van der Waals surface area contributed by atoms with Crippen molar-refractivity contribution in [1.29, 1.82) is 0 Å². The Kier molecular flexibility index (Phi) is 8.47. The second-order valence-corrected chi connectivity index (χ2v) is 10.1. The molecule has 10 heteroatoms. The Morgan fingerprint density at radius 3 is 2.37 bits per heavy atom. The minimum Gasteiger partial charge on any atom is -0.468 e. The van der Waals surface area contributed by atoms with E-state index in [1.807, 2.05) is 0 Å². The normalized spacial score (nSPS) is 13.2. The van der Waals surface area contributed by atoms with Crippen LogP contribution in [-0.2, 0) is 26.1 Å². The monoisotopic (exact) mass is 522 g/mol. The maximum atomic E-state index is 14.9. The predicted octanol–water partition coefficient (Wildman–Crippen LogP) is 5.23. The standard InChI is InChI=1S/C25H25ClF2N2O4S/c1-16(25(31)34-3)29-15-18-6-4-5-7-22(18)17(2)30(24-14-20(27)10-13-23(24)28)35(32,33)21-11-8-19(26)9-12-21/h4-14,16-17,29H,15H2,1-3H3/t16-,17+/m0/s1. The number of benzene rings is 3. The number of carbonyl (C=O) groups is 1. The number of nitrogens with one attached hydrogen (secondary N) is 1. The van der Waals surface area contributed by atoms with Gasteiger partial charge < -0.3 is 10.1 Å². The predicted molar refractivity (Wildman–Crippen MR) is 131 cm³/mol. The van der Waals surface area contributed by atoms with Gasteiger partial charge in [0.1, 0.15) is 17.7 Å². The number of hydrogen-bond acceptors (Lipinski definition) is 5. The summed E-state index contributed by atoms with van der Waals surface area (Å²) in [6.07, 6.45) is 0. The highest BCUT2D eigenvalue weighted by Gasteiger charge is 2.33. The molecule has 0 aliphatic heterocycles. The lowest BCUT2D eigenvalue weighted by atomic mass is 10.0. The number of nitrogens with zero attached hydrogens (tertiary/aromatic N) is 1. The fraction of sp³-hybridized carbons (Fsp3) is 0.240. The van der Waals surface area contributed by atoms with Gasteiger partial charge in [-0.1, -0.05) is 35.9 Å². The Labute approximate surface area is 208 Å². The van der Waals surface area contributed by atoms with Gasteiger partial charge in [0.25, 0.3) is 10.0 Å². The molecule has 0 amide bonds. The Morgan fingerprint density at radius 2 is 1.71 bits per heavy atom. The van der Waals surface area contributed by atoms with E-state index in [4.69, 9.17) is 16.3 Å². The van der Waals surface area contributed by atoms with E-state index in [1.165, 1.54) is 31.4 Å². The summed E-state index contributed by atoms with van der Waals surface area (Å²) in [6.45, 7) is 3.43. The van der Waals surface area contributed by atoms with E-state index in [2.05, 4.69) is 5.32 Å². The third kappa shape index (κ3) is 5.98. The van der Waals surface area contributed by atoms with Crippen molar-refractivity contribution in [3.8, 4) is 0 Å². The number of ether oxygens (including phenoxy) is 1. The Bertz CT molecular complexity index is 1300. The number of esters is 1. The maximum Gasteiger partial charge on any atom is 0.322 e. The molecular weight excluding hydrogens is 498 g/mol. The first-order valence-electron chi connectivity index (χ1n) is 10.7. The van der Waals surface area contributed by atoms with E-state index in [1.54, 1.807) is 38.1 Å². The molecule has 0 aliphatic rings. The first-order valence-corrected chi connectivity index (χ1v) is 12.5. The van der Waals surface area contributed by atoms with Crippen molar-refractivity contribution in [3.05, 3.63) is 94.5 Å². The van der Waals surface area contributed by atoms with Crippen LogP contribution in [0.5, 0.6) is 0 Å². The molecule has 0 saturated heterocycles. The minimum absolute atomic E-state index is 0.132. The quantitative estimate of drug-likeness (QED) is 0.390. The van der Waals surface area contributed by atoms with Crippen LogP contribution in [0.4, 0.5) is 14.5 Å². The van der Waals surface area contributed by atoms with Gasteiger partial charge in [0, 0.05) is 17.6 Å². The van der Waals surface area contributed by atoms with Crippen LogP contribution in [0.25, 0.3) is 0 Å². The molecule has 3 aromatic carbocycles. The highest BCUT2D eigenvalue weighted by atomic mass is 35.5. The summed E-state index contributed by atoms with van der Waals surface area (Å²) >= 11 is 5.92. The van der Waals surface area contributed by atoms with Crippen LogP contribution in [-0.4, -0.2) is 27.5 Å². The molecule has 0 saturated carbocycles. The molecule has 0 bridgehead atoms. The van der Waals surface area contributed by atoms with Crippen LogP contribution >= 0.6 is 11.6 Å². The maximum absolute atomic E-state index is 14.9. The number of halogens is 3.